The van der Waals surface area contributed by atoms with Crippen LogP contribution in [0.1, 0.15) is 26.3 Å². The maximum atomic E-state index is 11.3. The van der Waals surface area contributed by atoms with Crippen molar-refractivity contribution < 1.29 is 19.0 Å². The summed E-state index contributed by atoms with van der Waals surface area (Å²) in [6.07, 6.45) is 0.872. The highest BCUT2D eigenvalue weighted by Gasteiger charge is 2.32. The van der Waals surface area contributed by atoms with Crippen molar-refractivity contribution in [1.82, 2.24) is 5.32 Å². The van der Waals surface area contributed by atoms with Crippen LogP contribution in [0, 0.1) is 11.8 Å². The number of nitrogens with one attached hydrogen (secondary N) is 1. The topological polar surface area (TPSA) is 56.8 Å². The van der Waals surface area contributed by atoms with Crippen molar-refractivity contribution in [2.24, 2.45) is 0 Å². The highest BCUT2D eigenvalue weighted by molar-refractivity contribution is 5.77. The SMILES string of the molecule is CCOCC(=O)NCC#CCOc1cccc2c1OC(C)(C)C2. The zero-order chi connectivity index (χ0) is 16.7. The number of benzene rings is 1. The van der Waals surface area contributed by atoms with Crippen molar-refractivity contribution in [3.63, 3.8) is 0 Å². The van der Waals surface area contributed by atoms with Gasteiger partial charge in [-0.25, -0.2) is 0 Å². The Labute approximate surface area is 137 Å². The van der Waals surface area contributed by atoms with E-state index in [-0.39, 0.29) is 31.3 Å². The molecule has 0 bridgehead atoms. The zero-order valence-corrected chi connectivity index (χ0v) is 13.9. The van der Waals surface area contributed by atoms with E-state index in [9.17, 15) is 4.79 Å². The molecule has 2 rings (SSSR count). The summed E-state index contributed by atoms with van der Waals surface area (Å²) in [4.78, 5) is 11.3. The average molecular weight is 317 g/mol. The Balaban J connectivity index is 1.77. The number of amides is 1. The van der Waals surface area contributed by atoms with Gasteiger partial charge in [0.15, 0.2) is 11.5 Å². The van der Waals surface area contributed by atoms with E-state index < -0.39 is 0 Å². The Bertz CT molecular complexity index is 613. The van der Waals surface area contributed by atoms with Gasteiger partial charge in [-0.05, 0) is 26.8 Å². The molecule has 23 heavy (non-hydrogen) atoms. The molecule has 0 saturated carbocycles. The molecule has 0 unspecified atom stereocenters. The van der Waals surface area contributed by atoms with Crippen LogP contribution in [-0.2, 0) is 16.0 Å². The first-order valence-electron chi connectivity index (χ1n) is 7.75. The minimum atomic E-state index is -0.196. The van der Waals surface area contributed by atoms with Gasteiger partial charge in [0.1, 0.15) is 18.8 Å². The van der Waals surface area contributed by atoms with Gasteiger partial charge in [-0.1, -0.05) is 24.0 Å². The summed E-state index contributed by atoms with van der Waals surface area (Å²) < 4.78 is 16.6. The molecule has 0 fully saturated rings. The van der Waals surface area contributed by atoms with E-state index in [4.69, 9.17) is 14.2 Å². The molecule has 0 aromatic heterocycles. The number of carbonyl (C=O) groups excluding carboxylic acids is 1. The molecule has 1 heterocycles. The van der Waals surface area contributed by atoms with E-state index >= 15 is 0 Å². The molecule has 0 aliphatic carbocycles. The second kappa shape index (κ2) is 7.89. The molecule has 0 spiro atoms. The maximum absolute atomic E-state index is 11.3. The van der Waals surface area contributed by atoms with E-state index in [0.717, 1.165) is 17.7 Å². The highest BCUT2D eigenvalue weighted by Crippen LogP contribution is 2.41. The van der Waals surface area contributed by atoms with Crippen molar-refractivity contribution in [2.45, 2.75) is 32.8 Å². The molecule has 0 atom stereocenters. The van der Waals surface area contributed by atoms with Crippen molar-refractivity contribution in [3.8, 4) is 23.3 Å². The molecule has 1 aromatic rings. The fourth-order valence-corrected chi connectivity index (χ4v) is 2.32. The molecule has 1 N–H and O–H groups in total. The lowest BCUT2D eigenvalue weighted by atomic mass is 10.0. The van der Waals surface area contributed by atoms with Crippen molar-refractivity contribution in [3.05, 3.63) is 23.8 Å². The molecule has 1 amide bonds. The smallest absolute Gasteiger partial charge is 0.246 e. The van der Waals surface area contributed by atoms with Gasteiger partial charge in [-0.2, -0.15) is 0 Å². The van der Waals surface area contributed by atoms with E-state index in [1.807, 2.05) is 19.1 Å². The van der Waals surface area contributed by atoms with E-state index in [2.05, 4.69) is 37.1 Å². The minimum Gasteiger partial charge on any atom is -0.483 e. The molecule has 0 radical (unpaired) electrons. The number of ether oxygens (including phenoxy) is 3. The predicted octanol–water partition coefficient (Wildman–Crippen LogP) is 1.93. The van der Waals surface area contributed by atoms with Gasteiger partial charge < -0.3 is 19.5 Å². The Morgan fingerprint density at radius 3 is 3.00 bits per heavy atom. The van der Waals surface area contributed by atoms with Crippen LogP contribution in [0.15, 0.2) is 18.2 Å². The number of hydrogen-bond donors (Lipinski definition) is 1. The molecular formula is C18H23NO4. The number of carbonyl (C=O) groups is 1. The third kappa shape index (κ3) is 5.19. The normalized spacial score (nSPS) is 14.2. The second-order valence-electron chi connectivity index (χ2n) is 5.84. The van der Waals surface area contributed by atoms with Gasteiger partial charge in [-0.3, -0.25) is 4.79 Å². The summed E-state index contributed by atoms with van der Waals surface area (Å²) in [6.45, 7) is 7.08. The zero-order valence-electron chi connectivity index (χ0n) is 13.9. The summed E-state index contributed by atoms with van der Waals surface area (Å²) >= 11 is 0. The van der Waals surface area contributed by atoms with E-state index in [0.29, 0.717) is 12.4 Å². The minimum absolute atomic E-state index is 0.0674. The summed E-state index contributed by atoms with van der Waals surface area (Å²) in [5, 5.41) is 2.65. The van der Waals surface area contributed by atoms with E-state index in [1.54, 1.807) is 0 Å². The summed E-state index contributed by atoms with van der Waals surface area (Å²) in [5.41, 5.74) is 0.960. The fraction of sp³-hybridized carbons (Fsp3) is 0.500. The van der Waals surface area contributed by atoms with Crippen LogP contribution < -0.4 is 14.8 Å². The van der Waals surface area contributed by atoms with Crippen LogP contribution in [0.2, 0.25) is 0 Å². The number of fused-ring (bicyclic) bond motifs is 1. The van der Waals surface area contributed by atoms with Crippen LogP contribution in [0.25, 0.3) is 0 Å². The van der Waals surface area contributed by atoms with Gasteiger partial charge in [0.2, 0.25) is 5.91 Å². The Kier molecular flexibility index (Phi) is 5.89. The number of hydrogen-bond acceptors (Lipinski definition) is 4. The third-order valence-corrected chi connectivity index (χ3v) is 3.29. The maximum Gasteiger partial charge on any atom is 0.246 e. The standard InChI is InChI=1S/C18H23NO4/c1-4-21-13-16(20)19-10-5-6-11-22-15-9-7-8-14-12-18(2,3)23-17(14)15/h7-9H,4,10-13H2,1-3H3,(H,19,20). The monoisotopic (exact) mass is 317 g/mol. The summed E-state index contributed by atoms with van der Waals surface area (Å²) in [7, 11) is 0. The predicted molar refractivity (Wildman–Crippen MR) is 87.6 cm³/mol. The molecule has 1 aromatic carbocycles. The van der Waals surface area contributed by atoms with Gasteiger partial charge in [0, 0.05) is 18.6 Å². The van der Waals surface area contributed by atoms with Crippen LogP contribution >= 0.6 is 0 Å². The van der Waals surface area contributed by atoms with Crippen molar-refractivity contribution in [1.29, 1.82) is 0 Å². The molecular weight excluding hydrogens is 294 g/mol. The van der Waals surface area contributed by atoms with Crippen LogP contribution in [0.4, 0.5) is 0 Å². The summed E-state index contributed by atoms with van der Waals surface area (Å²) in [6, 6.07) is 5.89. The Hall–Kier alpha value is -2.19. The Morgan fingerprint density at radius 2 is 2.22 bits per heavy atom. The van der Waals surface area contributed by atoms with Gasteiger partial charge in [-0.15, -0.1) is 0 Å². The molecule has 0 saturated heterocycles. The van der Waals surface area contributed by atoms with Crippen molar-refractivity contribution >= 4 is 5.91 Å². The van der Waals surface area contributed by atoms with Crippen LogP contribution in [-0.4, -0.2) is 37.9 Å². The molecule has 5 nitrogen and oxygen atoms in total. The fourth-order valence-electron chi connectivity index (χ4n) is 2.32. The summed E-state index contributed by atoms with van der Waals surface area (Å²) in [5.74, 6) is 7.07. The highest BCUT2D eigenvalue weighted by atomic mass is 16.5. The largest absolute Gasteiger partial charge is 0.483 e. The third-order valence-electron chi connectivity index (χ3n) is 3.29. The van der Waals surface area contributed by atoms with Crippen LogP contribution in [0.3, 0.4) is 0 Å². The van der Waals surface area contributed by atoms with E-state index in [1.165, 1.54) is 0 Å². The number of para-hydroxylation sites is 1. The molecule has 5 heteroatoms. The average Bonchev–Trinajstić information content (AvgIpc) is 2.83. The molecule has 124 valence electrons. The lowest BCUT2D eigenvalue weighted by Crippen LogP contribution is -2.27. The first kappa shape index (κ1) is 17.2. The second-order valence-corrected chi connectivity index (χ2v) is 5.84. The van der Waals surface area contributed by atoms with Crippen LogP contribution in [0.5, 0.6) is 11.5 Å². The van der Waals surface area contributed by atoms with Crippen molar-refractivity contribution in [2.75, 3.05) is 26.4 Å². The lowest BCUT2D eigenvalue weighted by Gasteiger charge is -2.17. The van der Waals surface area contributed by atoms with Gasteiger partial charge in [0.05, 0.1) is 6.54 Å². The molecule has 1 aliphatic heterocycles. The Morgan fingerprint density at radius 1 is 1.39 bits per heavy atom. The van der Waals surface area contributed by atoms with Gasteiger partial charge in [0.25, 0.3) is 0 Å². The quantitative estimate of drug-likeness (QED) is 0.815. The number of rotatable bonds is 6. The first-order chi connectivity index (χ1) is 11.0. The molecule has 1 aliphatic rings. The first-order valence-corrected chi connectivity index (χ1v) is 7.75. The van der Waals surface area contributed by atoms with Gasteiger partial charge >= 0.3 is 0 Å². The lowest BCUT2D eigenvalue weighted by molar-refractivity contribution is -0.125.